The molecule has 20 nitrogen and oxygen atoms in total. The molecule has 5 amide bonds. The summed E-state index contributed by atoms with van der Waals surface area (Å²) in [4.78, 5) is 74.0. The normalized spacial score (nSPS) is 14.8. The van der Waals surface area contributed by atoms with Crippen molar-refractivity contribution in [3.63, 3.8) is 0 Å². The zero-order valence-corrected chi connectivity index (χ0v) is 37.6. The average Bonchev–Trinajstić information content (AvgIpc) is 3.24. The van der Waals surface area contributed by atoms with E-state index in [9.17, 15) is 32.6 Å². The Bertz CT molecular complexity index is 2260. The van der Waals surface area contributed by atoms with Gasteiger partial charge in [0.25, 0.3) is 5.91 Å². The van der Waals surface area contributed by atoms with Crippen LogP contribution in [0, 0.1) is 11.6 Å². The number of rotatable bonds is 21. The lowest BCUT2D eigenvalue weighted by Crippen LogP contribution is -2.55. The summed E-state index contributed by atoms with van der Waals surface area (Å²) < 4.78 is 74.8. The Morgan fingerprint density at radius 3 is 2.32 bits per heavy atom. The predicted octanol–water partition coefficient (Wildman–Crippen LogP) is 1.95. The minimum Gasteiger partial charge on any atom is -0.494 e. The van der Waals surface area contributed by atoms with Crippen molar-refractivity contribution in [2.24, 2.45) is 15.8 Å². The van der Waals surface area contributed by atoms with Crippen molar-refractivity contribution in [1.29, 1.82) is 0 Å². The molecule has 0 fully saturated rings. The van der Waals surface area contributed by atoms with E-state index in [4.69, 9.17) is 35.2 Å². The monoisotopic (exact) mass is 933 g/mol. The van der Waals surface area contributed by atoms with E-state index in [-0.39, 0.29) is 61.6 Å². The highest BCUT2D eigenvalue weighted by atomic mass is 32.2. The number of hydrogen-bond acceptors (Lipinski definition) is 15. The number of nitrogens with two attached hydrogens (primary N) is 2. The first-order chi connectivity index (χ1) is 31.0. The van der Waals surface area contributed by atoms with E-state index < -0.39 is 75.4 Å². The third-order valence-corrected chi connectivity index (χ3v) is 10.9. The van der Waals surface area contributed by atoms with E-state index in [1.54, 1.807) is 18.2 Å². The van der Waals surface area contributed by atoms with Crippen LogP contribution in [0.25, 0.3) is 11.3 Å². The Morgan fingerprint density at radius 1 is 0.954 bits per heavy atom. The molecule has 65 heavy (non-hydrogen) atoms. The summed E-state index contributed by atoms with van der Waals surface area (Å²) in [6.07, 6.45) is 2.43. The fourth-order valence-electron chi connectivity index (χ4n) is 6.16. The molecule has 0 spiro atoms. The second-order valence-corrected chi connectivity index (χ2v) is 17.4. The topological polar surface area (TPSA) is 278 Å². The summed E-state index contributed by atoms with van der Waals surface area (Å²) in [5.74, 6) is -5.31. The molecule has 2 aromatic carbocycles. The van der Waals surface area contributed by atoms with Gasteiger partial charge in [0, 0.05) is 49.7 Å². The van der Waals surface area contributed by atoms with Gasteiger partial charge in [-0.1, -0.05) is 0 Å². The number of fused-ring (bicyclic) bond motifs is 6. The fourth-order valence-corrected chi connectivity index (χ4v) is 7.52. The van der Waals surface area contributed by atoms with Crippen LogP contribution in [0.4, 0.5) is 20.4 Å². The maximum Gasteiger partial charge on any atom is 0.276 e. The Balaban J connectivity index is 1.40. The second-order valence-electron chi connectivity index (χ2n) is 15.0. The van der Waals surface area contributed by atoms with Crippen LogP contribution in [0.1, 0.15) is 45.1 Å². The Morgan fingerprint density at radius 2 is 1.63 bits per heavy atom. The zero-order valence-electron chi connectivity index (χ0n) is 36.8. The highest BCUT2D eigenvalue weighted by Crippen LogP contribution is 2.33. The van der Waals surface area contributed by atoms with Crippen LogP contribution in [-0.2, 0) is 53.7 Å². The van der Waals surface area contributed by atoms with E-state index in [0.29, 0.717) is 62.8 Å². The smallest absolute Gasteiger partial charge is 0.276 e. The Labute approximate surface area is 376 Å². The molecule has 4 bridgehead atoms. The molecule has 4 rings (SSSR count). The van der Waals surface area contributed by atoms with E-state index in [1.807, 2.05) is 0 Å². The number of nitrogens with zero attached hydrogens (tertiary/aromatic N) is 4. The third-order valence-electron chi connectivity index (χ3n) is 9.50. The van der Waals surface area contributed by atoms with E-state index in [0.717, 1.165) is 23.2 Å². The van der Waals surface area contributed by atoms with E-state index in [2.05, 4.69) is 30.3 Å². The van der Waals surface area contributed by atoms with Gasteiger partial charge in [-0.25, -0.2) is 23.0 Å². The number of carbonyl (C=O) groups is 5. The van der Waals surface area contributed by atoms with Crippen LogP contribution in [0.2, 0.25) is 0 Å². The first-order valence-electron chi connectivity index (χ1n) is 20.8. The molecule has 356 valence electrons. The first kappa shape index (κ1) is 51.8. The number of ether oxygens (including phenoxy) is 5. The fraction of sp³-hybridized carbons (Fsp3) is 0.500. The predicted molar refractivity (Wildman–Crippen MR) is 234 cm³/mol. The molecule has 1 aliphatic rings. The standard InChI is InChI=1S/C42H57F2N9O11S/c1-26(48-37(55)9-13-60-15-17-62-18-16-61-14-10-45)41(58)53(3)27(2)39(56)50-34(23-36(46)54)40(57)52-65(4,59)25-28-19-30-22-31(20-28)63-11-5-6-12-64-35-21-29(43)7-8-32(35)38-33(44)24-47-42(49-30)51-38/h7-8,19-22,24,26-27,34H,5-6,9-18,23,25,45H2,1-4H3,(H2,46,54)(H,48,55)(H,50,56)(H,47,49,51)/t26-,27-,34-,65-/m0/s1. The van der Waals surface area contributed by atoms with Crippen molar-refractivity contribution in [3.05, 3.63) is 59.8 Å². The van der Waals surface area contributed by atoms with Gasteiger partial charge in [-0.3, -0.25) is 24.0 Å². The maximum atomic E-state index is 15.1. The zero-order chi connectivity index (χ0) is 47.5. The molecule has 7 N–H and O–H groups in total. The van der Waals surface area contributed by atoms with Gasteiger partial charge in [0.15, 0.2) is 5.82 Å². The van der Waals surface area contributed by atoms with Crippen molar-refractivity contribution in [1.82, 2.24) is 25.5 Å². The highest BCUT2D eigenvalue weighted by Gasteiger charge is 2.31. The lowest BCUT2D eigenvalue weighted by molar-refractivity contribution is -0.141. The molecule has 23 heteroatoms. The summed E-state index contributed by atoms with van der Waals surface area (Å²) in [7, 11) is -2.12. The number of halogens is 2. The largest absolute Gasteiger partial charge is 0.494 e. The van der Waals surface area contributed by atoms with Crippen molar-refractivity contribution < 1.29 is 60.6 Å². The Hall–Kier alpha value is -5.88. The van der Waals surface area contributed by atoms with Gasteiger partial charge in [-0.15, -0.1) is 0 Å². The van der Waals surface area contributed by atoms with Crippen molar-refractivity contribution >= 4 is 50.9 Å². The number of primary amides is 1. The molecule has 0 saturated carbocycles. The molecule has 0 unspecified atom stereocenters. The Kier molecular flexibility index (Phi) is 20.4. The highest BCUT2D eigenvalue weighted by molar-refractivity contribution is 7.92. The number of hydrogen-bond donors (Lipinski definition) is 5. The van der Waals surface area contributed by atoms with E-state index in [1.165, 1.54) is 33.2 Å². The molecule has 4 atom stereocenters. The van der Waals surface area contributed by atoms with E-state index >= 15 is 4.39 Å². The van der Waals surface area contributed by atoms with Gasteiger partial charge in [-0.05, 0) is 56.5 Å². The number of likely N-dealkylation sites (N-methyl/N-ethyl adjacent to an activating group) is 1. The number of aromatic nitrogens is 2. The van der Waals surface area contributed by atoms with Gasteiger partial charge in [0.2, 0.25) is 29.6 Å². The van der Waals surface area contributed by atoms with Crippen molar-refractivity contribution in [2.45, 2.75) is 63.4 Å². The number of amides is 5. The van der Waals surface area contributed by atoms with Crippen LogP contribution in [0.15, 0.2) is 47.0 Å². The molecular formula is C42H57F2N9O11S. The van der Waals surface area contributed by atoms with Gasteiger partial charge in [-0.2, -0.15) is 4.36 Å². The summed E-state index contributed by atoms with van der Waals surface area (Å²) in [6.45, 7) is 5.46. The van der Waals surface area contributed by atoms with Gasteiger partial charge < -0.3 is 56.0 Å². The van der Waals surface area contributed by atoms with Crippen LogP contribution >= 0.6 is 0 Å². The molecule has 0 aliphatic carbocycles. The maximum absolute atomic E-state index is 15.1. The summed E-state index contributed by atoms with van der Waals surface area (Å²) in [5.41, 5.74) is 11.5. The van der Waals surface area contributed by atoms with Crippen molar-refractivity contribution in [3.8, 4) is 22.8 Å². The van der Waals surface area contributed by atoms with Crippen LogP contribution in [0.5, 0.6) is 11.5 Å². The molecule has 1 aliphatic heterocycles. The SMILES string of the molecule is C[C@H](NC(=O)CCOCCOCCOCCN)C(=O)N(C)[C@@H](C)C(=O)N[C@@H](CC(N)=O)C(=O)N=[S@@](C)(=O)Cc1cc2cc(c1)OCCCCOc1cc(F)ccc1-c1nc(ncc1F)N2. The molecular weight excluding hydrogens is 877 g/mol. The van der Waals surface area contributed by atoms with Gasteiger partial charge >= 0.3 is 0 Å². The van der Waals surface area contributed by atoms with Gasteiger partial charge in [0.05, 0.1) is 81.0 Å². The number of nitrogens with one attached hydrogen (secondary N) is 3. The molecule has 1 aromatic heterocycles. The van der Waals surface area contributed by atoms with Crippen LogP contribution in [0.3, 0.4) is 0 Å². The summed E-state index contributed by atoms with van der Waals surface area (Å²) in [6, 6.07) is 4.56. The lowest BCUT2D eigenvalue weighted by Gasteiger charge is -2.28. The molecule has 0 saturated heterocycles. The number of anilines is 2. The molecule has 2 heterocycles. The second kappa shape index (κ2) is 25.6. The van der Waals surface area contributed by atoms with Gasteiger partial charge in [0.1, 0.15) is 41.1 Å². The van der Waals surface area contributed by atoms with Crippen LogP contribution in [-0.4, -0.2) is 139 Å². The average molecular weight is 934 g/mol. The van der Waals surface area contributed by atoms with Crippen LogP contribution < -0.4 is 36.9 Å². The first-order valence-corrected chi connectivity index (χ1v) is 22.9. The summed E-state index contributed by atoms with van der Waals surface area (Å²) >= 11 is 0. The molecule has 3 aromatic rings. The van der Waals surface area contributed by atoms with Crippen molar-refractivity contribution in [2.75, 3.05) is 78.0 Å². The number of benzene rings is 2. The quantitative estimate of drug-likeness (QED) is 0.0955. The number of carbonyl (C=O) groups excluding carboxylic acids is 5. The minimum absolute atomic E-state index is 0.0434. The lowest BCUT2D eigenvalue weighted by atomic mass is 10.1. The minimum atomic E-state index is -3.44. The third kappa shape index (κ3) is 17.2. The summed E-state index contributed by atoms with van der Waals surface area (Å²) in [5, 5.41) is 7.92. The molecule has 0 radical (unpaired) electrons.